The zero-order valence-corrected chi connectivity index (χ0v) is 28.3. The maximum absolute atomic E-state index is 14.0. The highest BCUT2D eigenvalue weighted by atomic mass is 16.6. The van der Waals surface area contributed by atoms with Gasteiger partial charge in [-0.05, 0) is 62.3 Å². The molecule has 252 valence electrons. The summed E-state index contributed by atoms with van der Waals surface area (Å²) in [6, 6.07) is 18.3. The van der Waals surface area contributed by atoms with Gasteiger partial charge >= 0.3 is 5.97 Å². The van der Waals surface area contributed by atoms with Gasteiger partial charge in [-0.25, -0.2) is 4.79 Å². The number of hydrogen-bond acceptors (Lipinski definition) is 9. The molecule has 6 bridgehead atoms. The second kappa shape index (κ2) is 7.76. The molecule has 0 amide bonds. The van der Waals surface area contributed by atoms with Gasteiger partial charge in [-0.2, -0.15) is 0 Å². The number of carbonyl (C=O) groups is 1. The number of aliphatic hydroxyl groups excluding tert-OH is 1. The van der Waals surface area contributed by atoms with Crippen molar-refractivity contribution in [2.24, 2.45) is 11.3 Å². The summed E-state index contributed by atoms with van der Waals surface area (Å²) >= 11 is 0. The van der Waals surface area contributed by atoms with Crippen LogP contribution in [-0.4, -0.2) is 88.7 Å². The molecule has 2 aliphatic carbocycles. The number of methoxy groups -OCH3 is 1. The molecule has 2 unspecified atom stereocenters. The number of carbonyl (C=O) groups excluding carboxylic acids is 1. The van der Waals surface area contributed by atoms with Gasteiger partial charge in [0.05, 0.1) is 58.8 Å². The van der Waals surface area contributed by atoms with Crippen molar-refractivity contribution in [3.05, 3.63) is 82.4 Å². The molecule has 6 fully saturated rings. The molecule has 2 N–H and O–H groups in total. The summed E-state index contributed by atoms with van der Waals surface area (Å²) < 4.78 is 20.3. The van der Waals surface area contributed by atoms with Gasteiger partial charge in [0.25, 0.3) is 0 Å². The number of hydrogen-bond donors (Lipinski definition) is 2. The minimum absolute atomic E-state index is 0.0425. The number of benzene rings is 2. The van der Waals surface area contributed by atoms with Crippen molar-refractivity contribution in [2.75, 3.05) is 37.0 Å². The maximum atomic E-state index is 14.0. The smallest absolute Gasteiger partial charge is 0.335 e. The van der Waals surface area contributed by atoms with Crippen molar-refractivity contribution in [3.63, 3.8) is 0 Å². The Balaban J connectivity index is 1.19. The molecule has 49 heavy (non-hydrogen) atoms. The fraction of sp³-hybridized carbons (Fsp3) is 0.575. The topological polar surface area (TPSA) is 90.0 Å². The Kier molecular flexibility index (Phi) is 4.33. The summed E-state index contributed by atoms with van der Waals surface area (Å²) in [4.78, 5) is 22.4. The summed E-state index contributed by atoms with van der Waals surface area (Å²) in [6.07, 6.45) is 4.60. The highest BCUT2D eigenvalue weighted by molar-refractivity contribution is 5.94. The van der Waals surface area contributed by atoms with Crippen molar-refractivity contribution in [1.82, 2.24) is 9.80 Å². The van der Waals surface area contributed by atoms with Crippen molar-refractivity contribution >= 4 is 17.3 Å². The lowest BCUT2D eigenvalue weighted by atomic mass is 9.47. The number of rotatable bonds is 3. The third-order valence-electron chi connectivity index (χ3n) is 16.5. The molecule has 0 aromatic heterocycles. The van der Waals surface area contributed by atoms with Crippen LogP contribution < -0.4 is 10.2 Å². The number of fused-ring (bicyclic) bond motifs is 4. The molecule has 11 aliphatic rings. The quantitative estimate of drug-likeness (QED) is 0.473. The van der Waals surface area contributed by atoms with Crippen LogP contribution in [0.1, 0.15) is 63.5 Å². The highest BCUT2D eigenvalue weighted by Crippen LogP contribution is 2.83. The predicted octanol–water partition coefficient (Wildman–Crippen LogP) is 4.13. The molecular formula is C40H42N4O5. The average Bonchev–Trinajstić information content (AvgIpc) is 3.36. The van der Waals surface area contributed by atoms with E-state index in [9.17, 15) is 9.90 Å². The number of nitrogens with one attached hydrogen (secondary N) is 1. The molecule has 4 spiro atoms. The molecular weight excluding hydrogens is 616 g/mol. The van der Waals surface area contributed by atoms with Gasteiger partial charge in [0.15, 0.2) is 17.2 Å². The molecule has 5 saturated heterocycles. The number of para-hydroxylation sites is 2. The van der Waals surface area contributed by atoms with Crippen molar-refractivity contribution in [1.29, 1.82) is 0 Å². The van der Waals surface area contributed by atoms with Crippen LogP contribution in [0.25, 0.3) is 0 Å². The highest BCUT2D eigenvalue weighted by Gasteiger charge is 2.93. The molecule has 2 aromatic carbocycles. The van der Waals surface area contributed by atoms with Crippen LogP contribution in [0.3, 0.4) is 0 Å². The average molecular weight is 659 g/mol. The lowest BCUT2D eigenvalue weighted by Crippen LogP contribution is -2.78. The Morgan fingerprint density at radius 1 is 1.10 bits per heavy atom. The fourth-order valence-electron chi connectivity index (χ4n) is 15.5. The molecule has 9 heterocycles. The molecule has 12 atom stereocenters. The Labute approximate surface area is 285 Å². The Hall–Kier alpha value is -3.37. The van der Waals surface area contributed by atoms with Crippen LogP contribution in [0.15, 0.2) is 71.3 Å². The molecule has 1 saturated carbocycles. The lowest BCUT2D eigenvalue weighted by Gasteiger charge is -2.65. The van der Waals surface area contributed by atoms with Gasteiger partial charge in [0.1, 0.15) is 0 Å². The van der Waals surface area contributed by atoms with E-state index in [0.29, 0.717) is 6.42 Å². The standard InChI is InChI=1S/C40H42N4O5/c1-4-36-20-35-17-22(32(46)47-3)29-37(23-9-5-7-11-26(23)41-29)13-16-43(35)30(36)25-18-38(21(2)45)31-28(48-31)19-42-15-14-39(34(38)42)24-10-6-8-12-27(24)44(33(35)37)40(25,39)49-36/h5-12,21,25,30,33-34,41,45H,4,13-20H2,1-3H3/t21?,25-,30-,33+,34-,35-,36-,37+,38-,39+,40+/m0/s1. The summed E-state index contributed by atoms with van der Waals surface area (Å²) in [6.45, 7) is 7.08. The molecule has 13 rings (SSSR count). The van der Waals surface area contributed by atoms with Crippen LogP contribution in [0, 0.1) is 11.3 Å². The SMILES string of the molecule is CC[C@]12C[C@]34CC(C(=O)OC)=C5Nc6ccccc6[C@]56CCN3[C@H]1[C@@H]1C[C@]3(C(C)O)C5=C(CN7CC[C@@]8(c9ccccc9N([C@H]46)[C@@]18O2)[C@@H]73)O5. The van der Waals surface area contributed by atoms with Crippen LogP contribution in [0.2, 0.25) is 0 Å². The first-order valence-electron chi connectivity index (χ1n) is 18.7. The Bertz CT molecular complexity index is 2060. The number of ether oxygens (including phenoxy) is 3. The van der Waals surface area contributed by atoms with E-state index in [4.69, 9.17) is 14.2 Å². The largest absolute Gasteiger partial charge is 0.466 e. The first-order valence-corrected chi connectivity index (χ1v) is 18.7. The van der Waals surface area contributed by atoms with Crippen LogP contribution >= 0.6 is 0 Å². The minimum atomic E-state index is -0.605. The normalized spacial score (nSPS) is 49.3. The zero-order valence-electron chi connectivity index (χ0n) is 28.3. The lowest BCUT2D eigenvalue weighted by molar-refractivity contribution is -0.195. The van der Waals surface area contributed by atoms with Crippen LogP contribution in [0.5, 0.6) is 0 Å². The summed E-state index contributed by atoms with van der Waals surface area (Å²) in [5, 5.41) is 16.0. The van der Waals surface area contributed by atoms with E-state index >= 15 is 0 Å². The van der Waals surface area contributed by atoms with Gasteiger partial charge in [-0.3, -0.25) is 9.80 Å². The van der Waals surface area contributed by atoms with E-state index in [1.807, 2.05) is 6.92 Å². The van der Waals surface area contributed by atoms with E-state index in [0.717, 1.165) is 80.2 Å². The minimum Gasteiger partial charge on any atom is -0.466 e. The Morgan fingerprint density at radius 2 is 1.92 bits per heavy atom. The van der Waals surface area contributed by atoms with E-state index in [1.165, 1.54) is 23.9 Å². The molecule has 2 aromatic rings. The van der Waals surface area contributed by atoms with Gasteiger partial charge in [0, 0.05) is 54.6 Å². The van der Waals surface area contributed by atoms with Crippen LogP contribution in [-0.2, 0) is 29.8 Å². The number of piperidine rings is 1. The van der Waals surface area contributed by atoms with Crippen molar-refractivity contribution < 1.29 is 24.1 Å². The second-order valence-electron chi connectivity index (χ2n) is 17.3. The predicted molar refractivity (Wildman–Crippen MR) is 179 cm³/mol. The molecule has 9 aliphatic heterocycles. The summed E-state index contributed by atoms with van der Waals surface area (Å²) in [5.74, 6) is 2.07. The van der Waals surface area contributed by atoms with Gasteiger partial charge in [0.2, 0.25) is 0 Å². The molecule has 9 heteroatoms. The van der Waals surface area contributed by atoms with Gasteiger partial charge in [-0.15, -0.1) is 0 Å². The van der Waals surface area contributed by atoms with Crippen molar-refractivity contribution in [3.8, 4) is 0 Å². The maximum Gasteiger partial charge on any atom is 0.335 e. The number of esters is 1. The second-order valence-corrected chi connectivity index (χ2v) is 17.3. The zero-order chi connectivity index (χ0) is 32.7. The number of anilines is 2. The van der Waals surface area contributed by atoms with E-state index in [2.05, 4.69) is 75.5 Å². The summed E-state index contributed by atoms with van der Waals surface area (Å²) in [7, 11) is 1.53. The monoisotopic (exact) mass is 658 g/mol. The van der Waals surface area contributed by atoms with Crippen LogP contribution in [0.4, 0.5) is 11.4 Å². The third kappa shape index (κ3) is 2.33. The van der Waals surface area contributed by atoms with Gasteiger partial charge < -0.3 is 29.5 Å². The third-order valence-corrected chi connectivity index (χ3v) is 16.5. The first kappa shape index (κ1) is 27.4. The van der Waals surface area contributed by atoms with E-state index < -0.39 is 22.7 Å². The Morgan fingerprint density at radius 3 is 2.73 bits per heavy atom. The number of nitrogens with zero attached hydrogens (tertiary/aromatic N) is 3. The molecule has 9 nitrogen and oxygen atoms in total. The molecule has 0 radical (unpaired) electrons. The van der Waals surface area contributed by atoms with Crippen molar-refractivity contribution in [2.45, 2.75) is 104 Å². The van der Waals surface area contributed by atoms with E-state index in [-0.39, 0.29) is 46.6 Å². The number of aliphatic hydroxyl groups is 1. The fourth-order valence-corrected chi connectivity index (χ4v) is 15.5. The van der Waals surface area contributed by atoms with Gasteiger partial charge in [-0.1, -0.05) is 43.3 Å². The summed E-state index contributed by atoms with van der Waals surface area (Å²) in [5.41, 5.74) is 4.32. The first-order chi connectivity index (χ1) is 23.8. The van der Waals surface area contributed by atoms with E-state index in [1.54, 1.807) is 0 Å².